The average Bonchev–Trinajstić information content (AvgIpc) is 2.38. The van der Waals surface area contributed by atoms with Gasteiger partial charge in [-0.25, -0.2) is 17.9 Å². The standard InChI is InChI=1S/C12H17NO6S/c1-8-3-4-9(5-10(8)11(16)17)20(18,19)13-12(2,6-14)7-15/h3-5,13-15H,6-7H2,1-2H3,(H,16,17). The van der Waals surface area contributed by atoms with Crippen LogP contribution in [0.1, 0.15) is 22.8 Å². The molecule has 0 spiro atoms. The SMILES string of the molecule is Cc1ccc(S(=O)(=O)NC(C)(CO)CO)cc1C(=O)O. The molecule has 0 unspecified atom stereocenters. The molecule has 1 rings (SSSR count). The molecule has 0 atom stereocenters. The fraction of sp³-hybridized carbons (Fsp3) is 0.417. The lowest BCUT2D eigenvalue weighted by Gasteiger charge is -2.25. The van der Waals surface area contributed by atoms with Crippen LogP contribution in [0.5, 0.6) is 0 Å². The zero-order valence-corrected chi connectivity index (χ0v) is 11.9. The number of carboxylic acids is 1. The van der Waals surface area contributed by atoms with Gasteiger partial charge in [-0.2, -0.15) is 0 Å². The molecule has 0 radical (unpaired) electrons. The van der Waals surface area contributed by atoms with Gasteiger partial charge in [0.15, 0.2) is 0 Å². The van der Waals surface area contributed by atoms with Crippen LogP contribution in [0.3, 0.4) is 0 Å². The zero-order chi connectivity index (χ0) is 15.6. The quantitative estimate of drug-likeness (QED) is 0.573. The lowest BCUT2D eigenvalue weighted by atomic mass is 10.1. The Labute approximate surface area is 116 Å². The Morgan fingerprint density at radius 3 is 2.30 bits per heavy atom. The second kappa shape index (κ2) is 5.88. The maximum atomic E-state index is 12.1. The van der Waals surface area contributed by atoms with E-state index in [0.29, 0.717) is 5.56 Å². The van der Waals surface area contributed by atoms with E-state index in [1.807, 2.05) is 0 Å². The highest BCUT2D eigenvalue weighted by Crippen LogP contribution is 2.17. The van der Waals surface area contributed by atoms with Crippen LogP contribution in [0, 0.1) is 6.92 Å². The Kier molecular flexibility index (Phi) is 4.87. The Balaban J connectivity index is 3.23. The predicted molar refractivity (Wildman–Crippen MR) is 71.0 cm³/mol. The number of aliphatic hydroxyl groups is 2. The van der Waals surface area contributed by atoms with Crippen LogP contribution in [-0.4, -0.2) is 48.5 Å². The van der Waals surface area contributed by atoms with Crippen LogP contribution in [0.2, 0.25) is 0 Å². The van der Waals surface area contributed by atoms with E-state index in [1.54, 1.807) is 6.92 Å². The van der Waals surface area contributed by atoms with E-state index in [2.05, 4.69) is 4.72 Å². The van der Waals surface area contributed by atoms with Gasteiger partial charge >= 0.3 is 5.97 Å². The van der Waals surface area contributed by atoms with E-state index in [1.165, 1.54) is 19.1 Å². The molecular weight excluding hydrogens is 286 g/mol. The van der Waals surface area contributed by atoms with Gasteiger partial charge in [-0.15, -0.1) is 0 Å². The number of aryl methyl sites for hydroxylation is 1. The highest BCUT2D eigenvalue weighted by atomic mass is 32.2. The van der Waals surface area contributed by atoms with Crippen LogP contribution in [0.15, 0.2) is 23.1 Å². The van der Waals surface area contributed by atoms with Gasteiger partial charge in [-0.3, -0.25) is 0 Å². The number of carbonyl (C=O) groups is 1. The molecule has 0 heterocycles. The van der Waals surface area contributed by atoms with Gasteiger partial charge in [0.1, 0.15) is 0 Å². The molecule has 1 aromatic rings. The summed E-state index contributed by atoms with van der Waals surface area (Å²) >= 11 is 0. The first kappa shape index (κ1) is 16.6. The van der Waals surface area contributed by atoms with Crippen molar-refractivity contribution < 1.29 is 28.5 Å². The number of aliphatic hydroxyl groups excluding tert-OH is 2. The molecule has 0 aromatic heterocycles. The minimum atomic E-state index is -4.05. The fourth-order valence-electron chi connectivity index (χ4n) is 1.50. The molecule has 0 saturated heterocycles. The molecule has 0 saturated carbocycles. The van der Waals surface area contributed by atoms with Crippen molar-refractivity contribution in [1.29, 1.82) is 0 Å². The number of rotatable bonds is 6. The first-order chi connectivity index (χ1) is 9.15. The van der Waals surface area contributed by atoms with Gasteiger partial charge in [0, 0.05) is 0 Å². The third-order valence-corrected chi connectivity index (χ3v) is 4.46. The summed E-state index contributed by atoms with van der Waals surface area (Å²) in [5.41, 5.74) is -1.11. The molecule has 0 aliphatic carbocycles. The Morgan fingerprint density at radius 2 is 1.85 bits per heavy atom. The molecular formula is C12H17NO6S. The van der Waals surface area contributed by atoms with E-state index in [4.69, 9.17) is 15.3 Å². The van der Waals surface area contributed by atoms with E-state index < -0.39 is 34.7 Å². The van der Waals surface area contributed by atoms with E-state index in [0.717, 1.165) is 6.07 Å². The Morgan fingerprint density at radius 1 is 1.30 bits per heavy atom. The smallest absolute Gasteiger partial charge is 0.335 e. The maximum absolute atomic E-state index is 12.1. The van der Waals surface area contributed by atoms with Gasteiger partial charge in [0.2, 0.25) is 10.0 Å². The van der Waals surface area contributed by atoms with Crippen molar-refractivity contribution in [3.63, 3.8) is 0 Å². The normalized spacial score (nSPS) is 12.4. The van der Waals surface area contributed by atoms with Crippen molar-refractivity contribution in [1.82, 2.24) is 4.72 Å². The van der Waals surface area contributed by atoms with Crippen molar-refractivity contribution in [3.05, 3.63) is 29.3 Å². The molecule has 0 aliphatic heterocycles. The number of hydrogen-bond acceptors (Lipinski definition) is 5. The number of sulfonamides is 1. The van der Waals surface area contributed by atoms with Gasteiger partial charge in [0.25, 0.3) is 0 Å². The summed E-state index contributed by atoms with van der Waals surface area (Å²) < 4.78 is 26.4. The molecule has 112 valence electrons. The molecule has 0 amide bonds. The highest BCUT2D eigenvalue weighted by molar-refractivity contribution is 7.89. The van der Waals surface area contributed by atoms with Gasteiger partial charge in [0.05, 0.1) is 29.2 Å². The second-order valence-corrected chi connectivity index (χ2v) is 6.45. The summed E-state index contributed by atoms with van der Waals surface area (Å²) in [7, 11) is -4.05. The maximum Gasteiger partial charge on any atom is 0.335 e. The molecule has 4 N–H and O–H groups in total. The van der Waals surface area contributed by atoms with Gasteiger partial charge < -0.3 is 15.3 Å². The first-order valence-electron chi connectivity index (χ1n) is 5.75. The predicted octanol–water partition coefficient (Wildman–Crippen LogP) is -0.285. The minimum Gasteiger partial charge on any atom is -0.478 e. The fourth-order valence-corrected chi connectivity index (χ4v) is 2.91. The monoisotopic (exact) mass is 303 g/mol. The summed E-state index contributed by atoms with van der Waals surface area (Å²) in [4.78, 5) is 10.8. The topological polar surface area (TPSA) is 124 Å². The number of nitrogens with one attached hydrogen (secondary N) is 1. The van der Waals surface area contributed by atoms with Crippen molar-refractivity contribution in [2.75, 3.05) is 13.2 Å². The number of carboxylic acid groups (broad SMARTS) is 1. The lowest BCUT2D eigenvalue weighted by Crippen LogP contribution is -2.51. The summed E-state index contributed by atoms with van der Waals surface area (Å²) in [6.07, 6.45) is 0. The van der Waals surface area contributed by atoms with Crippen molar-refractivity contribution in [3.8, 4) is 0 Å². The van der Waals surface area contributed by atoms with Crippen LogP contribution in [-0.2, 0) is 10.0 Å². The third kappa shape index (κ3) is 3.54. The molecule has 7 nitrogen and oxygen atoms in total. The minimum absolute atomic E-state index is 0.123. The molecule has 8 heteroatoms. The molecule has 0 aliphatic rings. The third-order valence-electron chi connectivity index (χ3n) is 2.83. The number of hydrogen-bond donors (Lipinski definition) is 4. The van der Waals surface area contributed by atoms with Crippen LogP contribution < -0.4 is 4.72 Å². The first-order valence-corrected chi connectivity index (χ1v) is 7.23. The van der Waals surface area contributed by atoms with Crippen LogP contribution in [0.4, 0.5) is 0 Å². The highest BCUT2D eigenvalue weighted by Gasteiger charge is 2.30. The second-order valence-electron chi connectivity index (χ2n) is 4.76. The molecule has 0 fully saturated rings. The van der Waals surface area contributed by atoms with Gasteiger partial charge in [-0.1, -0.05) is 6.07 Å². The summed E-state index contributed by atoms with van der Waals surface area (Å²) in [6, 6.07) is 3.68. The Bertz CT molecular complexity index is 606. The zero-order valence-electron chi connectivity index (χ0n) is 11.1. The molecule has 20 heavy (non-hydrogen) atoms. The van der Waals surface area contributed by atoms with E-state index in [9.17, 15) is 13.2 Å². The van der Waals surface area contributed by atoms with E-state index in [-0.39, 0.29) is 10.5 Å². The average molecular weight is 303 g/mol. The summed E-state index contributed by atoms with van der Waals surface area (Å²) in [5.74, 6) is -1.23. The largest absolute Gasteiger partial charge is 0.478 e. The molecule has 0 bridgehead atoms. The van der Waals surface area contributed by atoms with Gasteiger partial charge in [-0.05, 0) is 31.5 Å². The van der Waals surface area contributed by atoms with Crippen molar-refractivity contribution in [2.24, 2.45) is 0 Å². The van der Waals surface area contributed by atoms with Crippen molar-refractivity contribution in [2.45, 2.75) is 24.3 Å². The van der Waals surface area contributed by atoms with E-state index >= 15 is 0 Å². The van der Waals surface area contributed by atoms with Crippen LogP contribution in [0.25, 0.3) is 0 Å². The van der Waals surface area contributed by atoms with Crippen molar-refractivity contribution >= 4 is 16.0 Å². The number of benzene rings is 1. The summed E-state index contributed by atoms with van der Waals surface area (Å²) in [5, 5.41) is 27.2. The van der Waals surface area contributed by atoms with Crippen LogP contribution >= 0.6 is 0 Å². The Hall–Kier alpha value is -1.48. The number of aromatic carboxylic acids is 1. The molecule has 1 aromatic carbocycles. The lowest BCUT2D eigenvalue weighted by molar-refractivity contribution is 0.0696. The summed E-state index contributed by atoms with van der Waals surface area (Å²) in [6.45, 7) is 1.69.